The molecule has 4 rings (SSSR count). The number of hydrogen-bond donors (Lipinski definition) is 3. The first-order valence-electron chi connectivity index (χ1n) is 9.79. The van der Waals surface area contributed by atoms with Gasteiger partial charge in [0.05, 0.1) is 23.5 Å². The molecule has 1 unspecified atom stereocenters. The Bertz CT molecular complexity index is 1160. The molecule has 0 saturated carbocycles. The van der Waals surface area contributed by atoms with E-state index in [4.69, 9.17) is 5.73 Å². The Morgan fingerprint density at radius 1 is 1.25 bits per heavy atom. The summed E-state index contributed by atoms with van der Waals surface area (Å²) >= 11 is 0. The first-order chi connectivity index (χ1) is 15.1. The highest BCUT2D eigenvalue weighted by Gasteiger charge is 2.35. The second-order valence-electron chi connectivity index (χ2n) is 7.67. The third-order valence-corrected chi connectivity index (χ3v) is 5.37. The van der Waals surface area contributed by atoms with Gasteiger partial charge in [0.25, 0.3) is 5.91 Å². The number of carbonyl (C=O) groups is 1. The van der Waals surface area contributed by atoms with Crippen LogP contribution in [0.2, 0.25) is 0 Å². The summed E-state index contributed by atoms with van der Waals surface area (Å²) < 4.78 is 40.2. The van der Waals surface area contributed by atoms with Crippen LogP contribution in [-0.2, 0) is 6.18 Å². The maximum absolute atomic E-state index is 13.2. The van der Waals surface area contributed by atoms with Gasteiger partial charge in [-0.25, -0.2) is 4.98 Å². The normalized spacial score (nSPS) is 17.2. The van der Waals surface area contributed by atoms with E-state index in [1.54, 1.807) is 13.0 Å². The largest absolute Gasteiger partial charge is 0.416 e. The lowest BCUT2D eigenvalue weighted by molar-refractivity contribution is -0.137. The molecule has 2 aromatic heterocycles. The summed E-state index contributed by atoms with van der Waals surface area (Å²) in [5.74, 6) is -0.125. The van der Waals surface area contributed by atoms with E-state index >= 15 is 0 Å². The molecule has 2 atom stereocenters. The van der Waals surface area contributed by atoms with E-state index in [2.05, 4.69) is 15.4 Å². The number of carbonyl (C=O) groups excluding carboxylic acids is 1. The molecule has 1 amide bonds. The molecule has 0 bridgehead atoms. The number of nitrogens with zero attached hydrogens (tertiary/aromatic N) is 4. The van der Waals surface area contributed by atoms with Crippen LogP contribution in [-0.4, -0.2) is 32.3 Å². The molecule has 168 valence electrons. The molecule has 3 heterocycles. The SMILES string of the molecule is Cc1cc(N)ncc1C(O)Nc1cnn2c1C(=O)N(c1ccc(C(F)(F)F)cc1)C[C@@H]2C. The number of rotatable bonds is 4. The van der Waals surface area contributed by atoms with Crippen LogP contribution in [0, 0.1) is 6.92 Å². The summed E-state index contributed by atoms with van der Waals surface area (Å²) in [5.41, 5.74) is 6.89. The topological polar surface area (TPSA) is 109 Å². The van der Waals surface area contributed by atoms with Crippen molar-refractivity contribution in [1.82, 2.24) is 14.8 Å². The summed E-state index contributed by atoms with van der Waals surface area (Å²) in [6, 6.07) is 5.80. The molecule has 8 nitrogen and oxygen atoms in total. The summed E-state index contributed by atoms with van der Waals surface area (Å²) in [5, 5.41) is 17.8. The van der Waals surface area contributed by atoms with Gasteiger partial charge < -0.3 is 21.1 Å². The van der Waals surface area contributed by atoms with Gasteiger partial charge >= 0.3 is 6.18 Å². The van der Waals surface area contributed by atoms with Crippen LogP contribution in [0.3, 0.4) is 0 Å². The number of alkyl halides is 3. The highest BCUT2D eigenvalue weighted by atomic mass is 19.4. The number of benzene rings is 1. The van der Waals surface area contributed by atoms with Crippen molar-refractivity contribution < 1.29 is 23.1 Å². The fourth-order valence-electron chi connectivity index (χ4n) is 3.72. The number of halogens is 3. The number of pyridine rings is 1. The Morgan fingerprint density at radius 3 is 2.56 bits per heavy atom. The fraction of sp³-hybridized carbons (Fsp3) is 0.286. The number of nitrogens with one attached hydrogen (secondary N) is 1. The number of nitrogens with two attached hydrogens (primary N) is 1. The van der Waals surface area contributed by atoms with Gasteiger partial charge in [0.1, 0.15) is 11.5 Å². The minimum atomic E-state index is -4.46. The first kappa shape index (κ1) is 21.6. The van der Waals surface area contributed by atoms with Crippen molar-refractivity contribution in [2.24, 2.45) is 0 Å². The van der Waals surface area contributed by atoms with Crippen LogP contribution >= 0.6 is 0 Å². The van der Waals surface area contributed by atoms with Gasteiger partial charge in [-0.2, -0.15) is 18.3 Å². The number of aliphatic hydroxyl groups is 1. The molecule has 0 fully saturated rings. The average molecular weight is 446 g/mol. The zero-order chi connectivity index (χ0) is 23.2. The van der Waals surface area contributed by atoms with Gasteiger partial charge in [0, 0.05) is 24.0 Å². The number of fused-ring (bicyclic) bond motifs is 1. The zero-order valence-electron chi connectivity index (χ0n) is 17.3. The number of nitrogen functional groups attached to an aromatic ring is 1. The molecule has 11 heteroatoms. The molecule has 4 N–H and O–H groups in total. The number of amides is 1. The van der Waals surface area contributed by atoms with E-state index in [1.807, 2.05) is 6.92 Å². The van der Waals surface area contributed by atoms with E-state index in [0.717, 1.165) is 12.1 Å². The van der Waals surface area contributed by atoms with Gasteiger partial charge in [-0.05, 0) is 49.7 Å². The molecule has 0 spiro atoms. The monoisotopic (exact) mass is 446 g/mol. The van der Waals surface area contributed by atoms with Crippen molar-refractivity contribution >= 4 is 23.1 Å². The van der Waals surface area contributed by atoms with Gasteiger partial charge in [-0.15, -0.1) is 0 Å². The van der Waals surface area contributed by atoms with Crippen LogP contribution in [0.4, 0.5) is 30.4 Å². The molecule has 3 aromatic rings. The first-order valence-corrected chi connectivity index (χ1v) is 9.79. The van der Waals surface area contributed by atoms with Crippen LogP contribution in [0.15, 0.2) is 42.7 Å². The average Bonchev–Trinajstić information content (AvgIpc) is 3.14. The third-order valence-electron chi connectivity index (χ3n) is 5.37. The fourth-order valence-corrected chi connectivity index (χ4v) is 3.72. The smallest absolute Gasteiger partial charge is 0.384 e. The van der Waals surface area contributed by atoms with E-state index in [0.29, 0.717) is 28.3 Å². The molecule has 32 heavy (non-hydrogen) atoms. The van der Waals surface area contributed by atoms with Gasteiger partial charge in [-0.3, -0.25) is 9.48 Å². The summed E-state index contributed by atoms with van der Waals surface area (Å²) in [7, 11) is 0. The molecular formula is C21H21F3N6O2. The Labute approximate surface area is 181 Å². The van der Waals surface area contributed by atoms with Crippen LogP contribution < -0.4 is 16.0 Å². The molecule has 1 aromatic carbocycles. The van der Waals surface area contributed by atoms with Crippen molar-refractivity contribution in [3.8, 4) is 0 Å². The number of aromatic nitrogens is 3. The van der Waals surface area contributed by atoms with Crippen molar-refractivity contribution in [1.29, 1.82) is 0 Å². The quantitative estimate of drug-likeness (QED) is 0.529. The van der Waals surface area contributed by atoms with E-state index in [-0.39, 0.29) is 18.3 Å². The number of aryl methyl sites for hydroxylation is 1. The summed E-state index contributed by atoms with van der Waals surface area (Å²) in [6.07, 6.45) is -2.76. The third kappa shape index (κ3) is 3.86. The van der Waals surface area contributed by atoms with Gasteiger partial charge in [0.2, 0.25) is 0 Å². The Kier molecular flexibility index (Phi) is 5.29. The lowest BCUT2D eigenvalue weighted by atomic mass is 10.1. The van der Waals surface area contributed by atoms with Crippen molar-refractivity contribution in [3.63, 3.8) is 0 Å². The molecule has 1 aliphatic rings. The maximum atomic E-state index is 13.2. The standard InChI is InChI=1S/C21H21F3N6O2/c1-11-7-17(25)26-8-15(11)19(31)28-16-9-27-30-12(2)10-29(20(32)18(16)30)14-5-3-13(4-6-14)21(22,23)24/h3-9,12,19,28,31H,10H2,1-2H3,(H2,25,26)/t12-,19?/m0/s1. The molecule has 1 aliphatic heterocycles. The van der Waals surface area contributed by atoms with Crippen LogP contribution in [0.5, 0.6) is 0 Å². The van der Waals surface area contributed by atoms with Crippen LogP contribution in [0.1, 0.15) is 46.4 Å². The lowest BCUT2D eigenvalue weighted by Crippen LogP contribution is -2.43. The van der Waals surface area contributed by atoms with Gasteiger partial charge in [0.15, 0.2) is 6.23 Å². The second kappa shape index (κ2) is 7.83. The predicted octanol–water partition coefficient (Wildman–Crippen LogP) is 3.51. The molecular weight excluding hydrogens is 425 g/mol. The Balaban J connectivity index is 1.63. The molecule has 0 saturated heterocycles. The molecule has 0 aliphatic carbocycles. The highest BCUT2D eigenvalue weighted by molar-refractivity contribution is 6.09. The Morgan fingerprint density at radius 2 is 1.94 bits per heavy atom. The van der Waals surface area contributed by atoms with E-state index < -0.39 is 23.9 Å². The number of aliphatic hydroxyl groups excluding tert-OH is 1. The summed E-state index contributed by atoms with van der Waals surface area (Å²) in [6.45, 7) is 3.85. The highest BCUT2D eigenvalue weighted by Crippen LogP contribution is 2.34. The number of anilines is 3. The molecule has 0 radical (unpaired) electrons. The predicted molar refractivity (Wildman–Crippen MR) is 112 cm³/mol. The Hall–Kier alpha value is -3.60. The van der Waals surface area contributed by atoms with Gasteiger partial charge in [-0.1, -0.05) is 0 Å². The van der Waals surface area contributed by atoms with E-state index in [9.17, 15) is 23.1 Å². The zero-order valence-corrected chi connectivity index (χ0v) is 17.3. The second-order valence-corrected chi connectivity index (χ2v) is 7.67. The lowest BCUT2D eigenvalue weighted by Gasteiger charge is -2.32. The van der Waals surface area contributed by atoms with E-state index in [1.165, 1.54) is 34.1 Å². The summed E-state index contributed by atoms with van der Waals surface area (Å²) in [4.78, 5) is 18.6. The van der Waals surface area contributed by atoms with Crippen LogP contribution in [0.25, 0.3) is 0 Å². The van der Waals surface area contributed by atoms with Crippen molar-refractivity contribution in [2.45, 2.75) is 32.3 Å². The van der Waals surface area contributed by atoms with Crippen molar-refractivity contribution in [2.75, 3.05) is 22.5 Å². The minimum Gasteiger partial charge on any atom is -0.384 e. The maximum Gasteiger partial charge on any atom is 0.416 e. The minimum absolute atomic E-state index is 0.198. The van der Waals surface area contributed by atoms with Crippen molar-refractivity contribution in [3.05, 3.63) is 65.1 Å². The number of hydrogen-bond acceptors (Lipinski definition) is 6.